The first-order valence-corrected chi connectivity index (χ1v) is 5.83. The number of benzene rings is 1. The number of anilines is 1. The largest absolute Gasteiger partial charge is 0.416 e. The first-order valence-electron chi connectivity index (χ1n) is 5.83. The molecule has 0 amide bonds. The van der Waals surface area contributed by atoms with Crippen molar-refractivity contribution in [1.29, 1.82) is 0 Å². The Labute approximate surface area is 107 Å². The number of hydrogen-bond donors (Lipinski definition) is 1. The number of hydrogen-bond acceptors (Lipinski definition) is 3. The third-order valence-corrected chi connectivity index (χ3v) is 3.13. The highest BCUT2D eigenvalue weighted by Gasteiger charge is 2.32. The van der Waals surface area contributed by atoms with E-state index in [0.29, 0.717) is 5.82 Å². The SMILES string of the molecule is Nc1ccc(C(F)(F)F)cc1-c1nncn1C1CC1. The standard InChI is InChI=1S/C12H11F3N4/c13-12(14,15)7-1-4-10(16)9(5-7)11-18-17-6-19(11)8-2-3-8/h1,4-6,8H,2-3,16H2. The molecule has 0 atom stereocenters. The van der Waals surface area contributed by atoms with Gasteiger partial charge < -0.3 is 10.3 Å². The lowest BCUT2D eigenvalue weighted by molar-refractivity contribution is -0.137. The predicted octanol–water partition coefficient (Wildman–Crippen LogP) is 2.88. The van der Waals surface area contributed by atoms with Gasteiger partial charge in [-0.25, -0.2) is 0 Å². The van der Waals surface area contributed by atoms with Gasteiger partial charge in [0.15, 0.2) is 5.82 Å². The van der Waals surface area contributed by atoms with Crippen LogP contribution >= 0.6 is 0 Å². The lowest BCUT2D eigenvalue weighted by Gasteiger charge is -2.11. The highest BCUT2D eigenvalue weighted by atomic mass is 19.4. The zero-order chi connectivity index (χ0) is 13.6. The fourth-order valence-corrected chi connectivity index (χ4v) is 1.98. The van der Waals surface area contributed by atoms with Crippen molar-refractivity contribution in [2.45, 2.75) is 25.1 Å². The molecule has 2 N–H and O–H groups in total. The molecule has 0 saturated heterocycles. The summed E-state index contributed by atoms with van der Waals surface area (Å²) in [7, 11) is 0. The molecule has 2 aromatic rings. The molecule has 100 valence electrons. The highest BCUT2D eigenvalue weighted by molar-refractivity contribution is 5.72. The van der Waals surface area contributed by atoms with Gasteiger partial charge in [-0.2, -0.15) is 13.2 Å². The zero-order valence-corrected chi connectivity index (χ0v) is 9.85. The maximum absolute atomic E-state index is 12.7. The summed E-state index contributed by atoms with van der Waals surface area (Å²) in [5.74, 6) is 0.395. The molecule has 7 heteroatoms. The number of aromatic nitrogens is 3. The summed E-state index contributed by atoms with van der Waals surface area (Å²) >= 11 is 0. The molecule has 19 heavy (non-hydrogen) atoms. The van der Waals surface area contributed by atoms with E-state index in [0.717, 1.165) is 25.0 Å². The molecule has 0 bridgehead atoms. The van der Waals surface area contributed by atoms with Crippen molar-refractivity contribution in [1.82, 2.24) is 14.8 Å². The van der Waals surface area contributed by atoms with Gasteiger partial charge in [-0.3, -0.25) is 0 Å². The van der Waals surface area contributed by atoms with E-state index in [-0.39, 0.29) is 17.3 Å². The van der Waals surface area contributed by atoms with Crippen molar-refractivity contribution in [3.05, 3.63) is 30.1 Å². The predicted molar refractivity (Wildman–Crippen MR) is 63.1 cm³/mol. The number of nitrogens with zero attached hydrogens (tertiary/aromatic N) is 3. The number of rotatable bonds is 2. The Morgan fingerprint density at radius 2 is 2.00 bits per heavy atom. The Kier molecular flexibility index (Phi) is 2.51. The average molecular weight is 268 g/mol. The van der Waals surface area contributed by atoms with E-state index in [2.05, 4.69) is 10.2 Å². The van der Waals surface area contributed by atoms with E-state index >= 15 is 0 Å². The third-order valence-electron chi connectivity index (χ3n) is 3.13. The summed E-state index contributed by atoms with van der Waals surface area (Å²) in [5, 5.41) is 7.67. The summed E-state index contributed by atoms with van der Waals surface area (Å²) in [6.45, 7) is 0. The van der Waals surface area contributed by atoms with Crippen LogP contribution in [-0.4, -0.2) is 14.8 Å². The fourth-order valence-electron chi connectivity index (χ4n) is 1.98. The van der Waals surface area contributed by atoms with E-state index in [4.69, 9.17) is 5.73 Å². The molecule has 0 spiro atoms. The molecule has 1 aromatic carbocycles. The van der Waals surface area contributed by atoms with Gasteiger partial charge in [0.2, 0.25) is 0 Å². The summed E-state index contributed by atoms with van der Waals surface area (Å²) in [6, 6.07) is 3.53. The molecule has 3 rings (SSSR count). The minimum absolute atomic E-state index is 0.267. The molecule has 0 aliphatic heterocycles. The van der Waals surface area contributed by atoms with Crippen LogP contribution in [-0.2, 0) is 6.18 Å². The monoisotopic (exact) mass is 268 g/mol. The number of nitrogen functional groups attached to an aromatic ring is 1. The summed E-state index contributed by atoms with van der Waals surface area (Å²) in [6.07, 6.45) is -0.882. The molecule has 1 fully saturated rings. The molecule has 1 aliphatic carbocycles. The van der Waals surface area contributed by atoms with Crippen LogP contribution in [0.5, 0.6) is 0 Å². The maximum Gasteiger partial charge on any atom is 0.416 e. The van der Waals surface area contributed by atoms with E-state index in [1.165, 1.54) is 12.4 Å². The number of halogens is 3. The van der Waals surface area contributed by atoms with Crippen LogP contribution in [0.2, 0.25) is 0 Å². The van der Waals surface area contributed by atoms with Crippen molar-refractivity contribution < 1.29 is 13.2 Å². The van der Waals surface area contributed by atoms with Crippen LogP contribution in [0.25, 0.3) is 11.4 Å². The van der Waals surface area contributed by atoms with Crippen LogP contribution in [0.15, 0.2) is 24.5 Å². The Morgan fingerprint density at radius 1 is 1.26 bits per heavy atom. The van der Waals surface area contributed by atoms with Crippen molar-refractivity contribution in [3.8, 4) is 11.4 Å². The van der Waals surface area contributed by atoms with Crippen LogP contribution in [0, 0.1) is 0 Å². The van der Waals surface area contributed by atoms with Crippen molar-refractivity contribution in [3.63, 3.8) is 0 Å². The van der Waals surface area contributed by atoms with Crippen LogP contribution in [0.3, 0.4) is 0 Å². The van der Waals surface area contributed by atoms with Crippen LogP contribution < -0.4 is 5.73 Å². The molecule has 1 aromatic heterocycles. The minimum Gasteiger partial charge on any atom is -0.398 e. The number of nitrogens with two attached hydrogens (primary N) is 1. The second kappa shape index (κ2) is 3.97. The summed E-state index contributed by atoms with van der Waals surface area (Å²) in [5.41, 5.74) is 5.57. The smallest absolute Gasteiger partial charge is 0.398 e. The highest BCUT2D eigenvalue weighted by Crippen LogP contribution is 2.40. The summed E-state index contributed by atoms with van der Waals surface area (Å²) < 4.78 is 40.0. The summed E-state index contributed by atoms with van der Waals surface area (Å²) in [4.78, 5) is 0. The maximum atomic E-state index is 12.7. The van der Waals surface area contributed by atoms with E-state index < -0.39 is 11.7 Å². The first kappa shape index (κ1) is 12.0. The zero-order valence-electron chi connectivity index (χ0n) is 9.85. The van der Waals surface area contributed by atoms with Gasteiger partial charge in [0, 0.05) is 17.3 Å². The number of alkyl halides is 3. The van der Waals surface area contributed by atoms with Gasteiger partial charge >= 0.3 is 6.18 Å². The minimum atomic E-state index is -4.40. The molecular weight excluding hydrogens is 257 g/mol. The molecule has 4 nitrogen and oxygen atoms in total. The quantitative estimate of drug-likeness (QED) is 0.852. The molecule has 0 radical (unpaired) electrons. The fraction of sp³-hybridized carbons (Fsp3) is 0.333. The average Bonchev–Trinajstić information content (AvgIpc) is 3.07. The lowest BCUT2D eigenvalue weighted by Crippen LogP contribution is -2.07. The third kappa shape index (κ3) is 2.16. The first-order chi connectivity index (χ1) is 8.97. The Bertz CT molecular complexity index is 614. The van der Waals surface area contributed by atoms with Crippen LogP contribution in [0.1, 0.15) is 24.4 Å². The molecule has 0 unspecified atom stereocenters. The molecule has 1 saturated carbocycles. The van der Waals surface area contributed by atoms with Gasteiger partial charge in [0.05, 0.1) is 5.56 Å². The van der Waals surface area contributed by atoms with Gasteiger partial charge in [0.25, 0.3) is 0 Å². The van der Waals surface area contributed by atoms with Gasteiger partial charge in [-0.05, 0) is 31.0 Å². The molecule has 1 heterocycles. The van der Waals surface area contributed by atoms with Crippen LogP contribution in [0.4, 0.5) is 18.9 Å². The second-order valence-corrected chi connectivity index (χ2v) is 4.59. The van der Waals surface area contributed by atoms with Gasteiger partial charge in [0.1, 0.15) is 6.33 Å². The Hall–Kier alpha value is -2.05. The Balaban J connectivity index is 2.10. The normalized spacial score (nSPS) is 15.7. The van der Waals surface area contributed by atoms with E-state index in [1.54, 1.807) is 4.57 Å². The molecular formula is C12H11F3N4. The lowest BCUT2D eigenvalue weighted by atomic mass is 10.1. The van der Waals surface area contributed by atoms with Crippen molar-refractivity contribution >= 4 is 5.69 Å². The van der Waals surface area contributed by atoms with E-state index in [1.807, 2.05) is 0 Å². The van der Waals surface area contributed by atoms with Crippen molar-refractivity contribution in [2.75, 3.05) is 5.73 Å². The van der Waals surface area contributed by atoms with Gasteiger partial charge in [-0.15, -0.1) is 10.2 Å². The van der Waals surface area contributed by atoms with Crippen molar-refractivity contribution in [2.24, 2.45) is 0 Å². The second-order valence-electron chi connectivity index (χ2n) is 4.59. The van der Waals surface area contributed by atoms with E-state index in [9.17, 15) is 13.2 Å². The van der Waals surface area contributed by atoms with Gasteiger partial charge in [-0.1, -0.05) is 0 Å². The Morgan fingerprint density at radius 3 is 2.63 bits per heavy atom. The topological polar surface area (TPSA) is 56.7 Å². The molecule has 1 aliphatic rings.